The lowest BCUT2D eigenvalue weighted by atomic mass is 10.0. The summed E-state index contributed by atoms with van der Waals surface area (Å²) in [6.07, 6.45) is 4.80. The Morgan fingerprint density at radius 1 is 1.21 bits per heavy atom. The molecule has 0 bridgehead atoms. The van der Waals surface area contributed by atoms with Crippen LogP contribution >= 0.6 is 24.0 Å². The van der Waals surface area contributed by atoms with E-state index in [1.54, 1.807) is 7.05 Å². The van der Waals surface area contributed by atoms with Gasteiger partial charge in [-0.2, -0.15) is 0 Å². The van der Waals surface area contributed by atoms with Crippen LogP contribution in [-0.4, -0.2) is 56.3 Å². The third-order valence-electron chi connectivity index (χ3n) is 5.12. The first kappa shape index (κ1) is 22.6. The van der Waals surface area contributed by atoms with E-state index in [2.05, 4.69) is 22.5 Å². The van der Waals surface area contributed by atoms with Crippen molar-refractivity contribution in [3.63, 3.8) is 0 Å². The Balaban J connectivity index is 0.00000280. The number of hydrogen-bond donors (Lipinski definition) is 2. The number of nitrogens with one attached hydrogen (secondary N) is 2. The minimum Gasteiger partial charge on any atom is -0.454 e. The molecule has 1 atom stereocenters. The second-order valence-electron chi connectivity index (χ2n) is 7.05. The topological polar surface area (TPSA) is 75.2 Å². The highest BCUT2D eigenvalue weighted by Gasteiger charge is 2.22. The molecule has 1 fully saturated rings. The first-order valence-corrected chi connectivity index (χ1v) is 9.80. The van der Waals surface area contributed by atoms with Gasteiger partial charge in [-0.3, -0.25) is 9.79 Å². The van der Waals surface area contributed by atoms with E-state index in [0.29, 0.717) is 25.8 Å². The number of guanidine groups is 1. The number of hydrogen-bond acceptors (Lipinski definition) is 4. The van der Waals surface area contributed by atoms with E-state index in [0.717, 1.165) is 49.8 Å². The van der Waals surface area contributed by atoms with E-state index in [4.69, 9.17) is 9.47 Å². The SMILES string of the molecule is CN=C(NCCC(=O)N1CCCCC1C)NCCc1ccc2c(c1)OCO2.I. The summed E-state index contributed by atoms with van der Waals surface area (Å²) in [5, 5.41) is 6.52. The highest BCUT2D eigenvalue weighted by atomic mass is 127. The molecule has 0 aromatic heterocycles. The Kier molecular flexibility index (Phi) is 9.14. The first-order chi connectivity index (χ1) is 13.2. The Hall–Kier alpha value is -1.71. The van der Waals surface area contributed by atoms with E-state index < -0.39 is 0 Å². The molecule has 0 spiro atoms. The van der Waals surface area contributed by atoms with Gasteiger partial charge >= 0.3 is 0 Å². The van der Waals surface area contributed by atoms with Gasteiger partial charge in [-0.05, 0) is 50.3 Å². The fourth-order valence-electron chi connectivity index (χ4n) is 3.54. The van der Waals surface area contributed by atoms with Crippen LogP contribution in [0.4, 0.5) is 0 Å². The van der Waals surface area contributed by atoms with Gasteiger partial charge in [-0.15, -0.1) is 24.0 Å². The second-order valence-corrected chi connectivity index (χ2v) is 7.05. The first-order valence-electron chi connectivity index (χ1n) is 9.80. The van der Waals surface area contributed by atoms with Gasteiger partial charge in [0.05, 0.1) is 0 Å². The maximum atomic E-state index is 12.4. The summed E-state index contributed by atoms with van der Waals surface area (Å²) in [6.45, 7) is 4.66. The smallest absolute Gasteiger partial charge is 0.231 e. The predicted molar refractivity (Wildman–Crippen MR) is 121 cm³/mol. The molecule has 1 unspecified atom stereocenters. The number of piperidine rings is 1. The zero-order chi connectivity index (χ0) is 19.1. The maximum Gasteiger partial charge on any atom is 0.231 e. The van der Waals surface area contributed by atoms with Crippen LogP contribution in [0.5, 0.6) is 11.5 Å². The van der Waals surface area contributed by atoms with Gasteiger partial charge in [0.15, 0.2) is 17.5 Å². The number of carbonyl (C=O) groups excluding carboxylic acids is 1. The molecule has 0 radical (unpaired) electrons. The van der Waals surface area contributed by atoms with Crippen LogP contribution in [0.3, 0.4) is 0 Å². The summed E-state index contributed by atoms with van der Waals surface area (Å²) < 4.78 is 10.7. The van der Waals surface area contributed by atoms with Gasteiger partial charge in [-0.1, -0.05) is 6.07 Å². The summed E-state index contributed by atoms with van der Waals surface area (Å²) in [5.74, 6) is 2.55. The van der Waals surface area contributed by atoms with Gasteiger partial charge < -0.3 is 25.0 Å². The van der Waals surface area contributed by atoms with Crippen molar-refractivity contribution < 1.29 is 14.3 Å². The van der Waals surface area contributed by atoms with Crippen molar-refractivity contribution >= 4 is 35.8 Å². The van der Waals surface area contributed by atoms with Gasteiger partial charge in [0.25, 0.3) is 0 Å². The van der Waals surface area contributed by atoms with Crippen LogP contribution in [0.15, 0.2) is 23.2 Å². The third kappa shape index (κ3) is 6.15. The summed E-state index contributed by atoms with van der Waals surface area (Å²) in [7, 11) is 1.74. The number of halogens is 1. The standard InChI is InChI=1S/C20H30N4O3.HI/c1-15-5-3-4-12-24(15)19(25)9-11-23-20(21-2)22-10-8-16-6-7-17-18(13-16)27-14-26-17;/h6-7,13,15H,3-5,8-12,14H2,1-2H3,(H2,21,22,23);1H. The molecular weight excluding hydrogens is 471 g/mol. The number of fused-ring (bicyclic) bond motifs is 1. The minimum atomic E-state index is 0. The number of benzene rings is 1. The molecule has 1 aromatic rings. The quantitative estimate of drug-likeness (QED) is 0.356. The van der Waals surface area contributed by atoms with Crippen molar-refractivity contribution in [1.29, 1.82) is 0 Å². The second kappa shape index (κ2) is 11.3. The van der Waals surface area contributed by atoms with Gasteiger partial charge in [0.1, 0.15) is 0 Å². The number of amides is 1. The van der Waals surface area contributed by atoms with Gasteiger partial charge in [-0.25, -0.2) is 0 Å². The lowest BCUT2D eigenvalue weighted by Crippen LogP contribution is -2.44. The van der Waals surface area contributed by atoms with Gasteiger partial charge in [0.2, 0.25) is 12.7 Å². The average Bonchev–Trinajstić information content (AvgIpc) is 3.15. The number of rotatable bonds is 6. The molecular formula is C20H31IN4O3. The normalized spacial score (nSPS) is 18.4. The van der Waals surface area contributed by atoms with E-state index in [1.807, 2.05) is 23.1 Å². The average molecular weight is 502 g/mol. The third-order valence-corrected chi connectivity index (χ3v) is 5.12. The lowest BCUT2D eigenvalue weighted by Gasteiger charge is -2.33. The van der Waals surface area contributed by atoms with Crippen molar-refractivity contribution in [2.24, 2.45) is 4.99 Å². The fourth-order valence-corrected chi connectivity index (χ4v) is 3.54. The Morgan fingerprint density at radius 2 is 2.00 bits per heavy atom. The number of likely N-dealkylation sites (tertiary alicyclic amines) is 1. The van der Waals surface area contributed by atoms with Crippen molar-refractivity contribution in [2.45, 2.75) is 45.1 Å². The molecule has 0 aliphatic carbocycles. The van der Waals surface area contributed by atoms with E-state index in [-0.39, 0.29) is 29.9 Å². The molecule has 1 saturated heterocycles. The Morgan fingerprint density at radius 3 is 2.79 bits per heavy atom. The minimum absolute atomic E-state index is 0. The molecule has 2 aliphatic rings. The fraction of sp³-hybridized carbons (Fsp3) is 0.600. The monoisotopic (exact) mass is 502 g/mol. The van der Waals surface area contributed by atoms with Crippen LogP contribution < -0.4 is 20.1 Å². The Labute approximate surface area is 184 Å². The predicted octanol–water partition coefficient (Wildman–Crippen LogP) is 2.53. The maximum absolute atomic E-state index is 12.4. The molecule has 28 heavy (non-hydrogen) atoms. The van der Waals surface area contributed by atoms with Crippen molar-refractivity contribution in [3.05, 3.63) is 23.8 Å². The summed E-state index contributed by atoms with van der Waals surface area (Å²) in [6, 6.07) is 6.37. The van der Waals surface area contributed by atoms with Crippen LogP contribution in [0.25, 0.3) is 0 Å². The molecule has 8 heteroatoms. The number of nitrogens with zero attached hydrogens (tertiary/aromatic N) is 2. The van der Waals surface area contributed by atoms with Crippen LogP contribution in [0, 0.1) is 0 Å². The van der Waals surface area contributed by atoms with E-state index in [9.17, 15) is 4.79 Å². The van der Waals surface area contributed by atoms with Crippen LogP contribution in [0.2, 0.25) is 0 Å². The molecule has 1 amide bonds. The van der Waals surface area contributed by atoms with Crippen molar-refractivity contribution in [2.75, 3.05) is 33.5 Å². The van der Waals surface area contributed by atoms with Crippen LogP contribution in [-0.2, 0) is 11.2 Å². The zero-order valence-corrected chi connectivity index (χ0v) is 19.0. The molecule has 2 aliphatic heterocycles. The highest BCUT2D eigenvalue weighted by Crippen LogP contribution is 2.32. The summed E-state index contributed by atoms with van der Waals surface area (Å²) in [4.78, 5) is 18.6. The number of carbonyl (C=O) groups is 1. The molecule has 2 heterocycles. The molecule has 3 rings (SSSR count). The molecule has 7 nitrogen and oxygen atoms in total. The molecule has 1 aromatic carbocycles. The van der Waals surface area contributed by atoms with Gasteiger partial charge in [0, 0.05) is 39.1 Å². The van der Waals surface area contributed by atoms with E-state index >= 15 is 0 Å². The largest absolute Gasteiger partial charge is 0.454 e. The number of aliphatic imine (C=N–C) groups is 1. The Bertz CT molecular complexity index is 683. The highest BCUT2D eigenvalue weighted by molar-refractivity contribution is 14.0. The van der Waals surface area contributed by atoms with E-state index in [1.165, 1.54) is 12.0 Å². The molecule has 156 valence electrons. The number of ether oxygens (including phenoxy) is 2. The van der Waals surface area contributed by atoms with Crippen LogP contribution in [0.1, 0.15) is 38.2 Å². The molecule has 2 N–H and O–H groups in total. The lowest BCUT2D eigenvalue weighted by molar-refractivity contribution is -0.134. The molecule has 0 saturated carbocycles. The summed E-state index contributed by atoms with van der Waals surface area (Å²) in [5.41, 5.74) is 1.18. The summed E-state index contributed by atoms with van der Waals surface area (Å²) >= 11 is 0. The zero-order valence-electron chi connectivity index (χ0n) is 16.7. The van der Waals surface area contributed by atoms with Crippen molar-refractivity contribution in [3.8, 4) is 11.5 Å². The van der Waals surface area contributed by atoms with Crippen molar-refractivity contribution in [1.82, 2.24) is 15.5 Å².